The van der Waals surface area contributed by atoms with E-state index in [1.165, 1.54) is 0 Å². The summed E-state index contributed by atoms with van der Waals surface area (Å²) < 4.78 is 10.5. The van der Waals surface area contributed by atoms with Gasteiger partial charge in [0.2, 0.25) is 5.91 Å². The highest BCUT2D eigenvalue weighted by Gasteiger charge is 2.28. The smallest absolute Gasteiger partial charge is 0.254 e. The Morgan fingerprint density at radius 2 is 1.72 bits per heavy atom. The number of carbonyl (C=O) groups is 2. The minimum Gasteiger partial charge on any atom is -0.497 e. The van der Waals surface area contributed by atoms with Gasteiger partial charge in [0.1, 0.15) is 11.5 Å². The van der Waals surface area contributed by atoms with Crippen LogP contribution in [0.3, 0.4) is 0 Å². The number of nitrogens with zero attached hydrogens (tertiary/aromatic N) is 1. The van der Waals surface area contributed by atoms with Crippen molar-refractivity contribution >= 4 is 11.8 Å². The fourth-order valence-electron chi connectivity index (χ4n) is 2.92. The fourth-order valence-corrected chi connectivity index (χ4v) is 2.92. The van der Waals surface area contributed by atoms with Crippen LogP contribution in [-0.2, 0) is 4.79 Å². The van der Waals surface area contributed by atoms with Crippen LogP contribution in [-0.4, -0.2) is 50.1 Å². The van der Waals surface area contributed by atoms with Gasteiger partial charge in [0.15, 0.2) is 0 Å². The third-order valence-electron chi connectivity index (χ3n) is 4.75. The summed E-state index contributed by atoms with van der Waals surface area (Å²) in [6, 6.07) is 5.36. The van der Waals surface area contributed by atoms with Gasteiger partial charge in [0, 0.05) is 36.7 Å². The number of hydrogen-bond donors (Lipinski definition) is 1. The van der Waals surface area contributed by atoms with E-state index in [1.54, 1.807) is 37.3 Å². The lowest BCUT2D eigenvalue weighted by atomic mass is 9.95. The Hall–Kier alpha value is -2.24. The molecule has 2 rings (SSSR count). The van der Waals surface area contributed by atoms with Gasteiger partial charge in [-0.15, -0.1) is 0 Å². The Morgan fingerprint density at radius 1 is 1.16 bits per heavy atom. The highest BCUT2D eigenvalue weighted by atomic mass is 16.5. The lowest BCUT2D eigenvalue weighted by molar-refractivity contribution is -0.126. The summed E-state index contributed by atoms with van der Waals surface area (Å²) in [7, 11) is 3.12. The SMILES string of the molecule is CC[C@H](C)NC(=O)C1CCN(C(=O)c2cc(OC)cc(OC)c2)CC1. The van der Waals surface area contributed by atoms with Gasteiger partial charge in [-0.2, -0.15) is 0 Å². The van der Waals surface area contributed by atoms with E-state index in [2.05, 4.69) is 12.2 Å². The summed E-state index contributed by atoms with van der Waals surface area (Å²) in [4.78, 5) is 26.8. The Kier molecular flexibility index (Phi) is 6.67. The first-order valence-electron chi connectivity index (χ1n) is 8.81. The molecule has 0 saturated carbocycles. The Morgan fingerprint density at radius 3 is 2.20 bits per heavy atom. The van der Waals surface area contributed by atoms with E-state index in [-0.39, 0.29) is 23.8 Å². The number of hydrogen-bond acceptors (Lipinski definition) is 4. The second-order valence-corrected chi connectivity index (χ2v) is 6.49. The normalized spacial score (nSPS) is 16.2. The number of piperidine rings is 1. The molecular weight excluding hydrogens is 320 g/mol. The van der Waals surface area contributed by atoms with Gasteiger partial charge in [0.05, 0.1) is 14.2 Å². The standard InChI is InChI=1S/C19H28N2O4/c1-5-13(2)20-18(22)14-6-8-21(9-7-14)19(23)15-10-16(24-3)12-17(11-15)25-4/h10-14H,5-9H2,1-4H3,(H,20,22)/t13-/m0/s1. The molecule has 6 heteroatoms. The van der Waals surface area contributed by atoms with E-state index >= 15 is 0 Å². The van der Waals surface area contributed by atoms with E-state index < -0.39 is 0 Å². The molecule has 1 N–H and O–H groups in total. The molecule has 0 bridgehead atoms. The summed E-state index contributed by atoms with van der Waals surface area (Å²) in [6.45, 7) is 5.22. The first-order chi connectivity index (χ1) is 12.0. The van der Waals surface area contributed by atoms with Crippen molar-refractivity contribution < 1.29 is 19.1 Å². The maximum absolute atomic E-state index is 12.8. The molecule has 1 heterocycles. The average molecular weight is 348 g/mol. The van der Waals surface area contributed by atoms with Crippen molar-refractivity contribution in [3.63, 3.8) is 0 Å². The van der Waals surface area contributed by atoms with Crippen LogP contribution in [0.5, 0.6) is 11.5 Å². The fraction of sp³-hybridized carbons (Fsp3) is 0.579. The molecule has 0 aromatic heterocycles. The van der Waals surface area contributed by atoms with Crippen LogP contribution in [0.1, 0.15) is 43.5 Å². The molecule has 1 saturated heterocycles. The van der Waals surface area contributed by atoms with E-state index in [0.717, 1.165) is 6.42 Å². The zero-order valence-electron chi connectivity index (χ0n) is 15.5. The molecular formula is C19H28N2O4. The van der Waals surface area contributed by atoms with Crippen molar-refractivity contribution in [2.24, 2.45) is 5.92 Å². The monoisotopic (exact) mass is 348 g/mol. The van der Waals surface area contributed by atoms with Crippen molar-refractivity contribution in [3.8, 4) is 11.5 Å². The molecule has 1 aromatic carbocycles. The first-order valence-corrected chi connectivity index (χ1v) is 8.81. The molecule has 6 nitrogen and oxygen atoms in total. The number of methoxy groups -OCH3 is 2. The van der Waals surface area contributed by atoms with Gasteiger partial charge in [-0.25, -0.2) is 0 Å². The zero-order valence-corrected chi connectivity index (χ0v) is 15.5. The lowest BCUT2D eigenvalue weighted by Gasteiger charge is -2.32. The summed E-state index contributed by atoms with van der Waals surface area (Å²) >= 11 is 0. The predicted octanol–water partition coefficient (Wildman–Crippen LogP) is 2.47. The summed E-state index contributed by atoms with van der Waals surface area (Å²) in [5.74, 6) is 1.21. The Bertz CT molecular complexity index is 587. The third kappa shape index (κ3) is 4.87. The molecule has 138 valence electrons. The second kappa shape index (κ2) is 8.74. The lowest BCUT2D eigenvalue weighted by Crippen LogP contribution is -2.44. The zero-order chi connectivity index (χ0) is 18.4. The predicted molar refractivity (Wildman–Crippen MR) is 96.1 cm³/mol. The summed E-state index contributed by atoms with van der Waals surface area (Å²) in [5, 5.41) is 3.03. The molecule has 1 aromatic rings. The number of nitrogens with one attached hydrogen (secondary N) is 1. The minimum atomic E-state index is -0.0574. The maximum Gasteiger partial charge on any atom is 0.254 e. The van der Waals surface area contributed by atoms with Gasteiger partial charge in [-0.3, -0.25) is 9.59 Å². The van der Waals surface area contributed by atoms with Crippen LogP contribution in [0.2, 0.25) is 0 Å². The van der Waals surface area contributed by atoms with Gasteiger partial charge in [0.25, 0.3) is 5.91 Å². The molecule has 0 unspecified atom stereocenters. The average Bonchev–Trinajstić information content (AvgIpc) is 2.66. The minimum absolute atomic E-state index is 0.0158. The number of rotatable bonds is 6. The largest absolute Gasteiger partial charge is 0.497 e. The Labute approximate surface area is 149 Å². The molecule has 1 fully saturated rings. The number of benzene rings is 1. The van der Waals surface area contributed by atoms with E-state index in [9.17, 15) is 9.59 Å². The quantitative estimate of drug-likeness (QED) is 0.857. The molecule has 2 amide bonds. The van der Waals surface area contributed by atoms with Gasteiger partial charge in [-0.05, 0) is 38.3 Å². The van der Waals surface area contributed by atoms with E-state index in [4.69, 9.17) is 9.47 Å². The molecule has 1 aliphatic heterocycles. The van der Waals surface area contributed by atoms with Gasteiger partial charge >= 0.3 is 0 Å². The van der Waals surface area contributed by atoms with Crippen molar-refractivity contribution in [3.05, 3.63) is 23.8 Å². The topological polar surface area (TPSA) is 67.9 Å². The van der Waals surface area contributed by atoms with Gasteiger partial charge < -0.3 is 19.7 Å². The molecule has 0 radical (unpaired) electrons. The highest BCUT2D eigenvalue weighted by Crippen LogP contribution is 2.25. The number of ether oxygens (including phenoxy) is 2. The first kappa shape index (κ1) is 19.1. The van der Waals surface area contributed by atoms with Crippen LogP contribution in [0.25, 0.3) is 0 Å². The van der Waals surface area contributed by atoms with Crippen molar-refractivity contribution in [1.29, 1.82) is 0 Å². The van der Waals surface area contributed by atoms with Crippen LogP contribution < -0.4 is 14.8 Å². The van der Waals surface area contributed by atoms with E-state index in [0.29, 0.717) is 43.0 Å². The van der Waals surface area contributed by atoms with Crippen molar-refractivity contribution in [1.82, 2.24) is 10.2 Å². The second-order valence-electron chi connectivity index (χ2n) is 6.49. The molecule has 0 aliphatic carbocycles. The maximum atomic E-state index is 12.8. The van der Waals surface area contributed by atoms with Crippen LogP contribution >= 0.6 is 0 Å². The van der Waals surface area contributed by atoms with Gasteiger partial charge in [-0.1, -0.05) is 6.92 Å². The van der Waals surface area contributed by atoms with Crippen LogP contribution in [0.15, 0.2) is 18.2 Å². The van der Waals surface area contributed by atoms with Crippen molar-refractivity contribution in [2.45, 2.75) is 39.2 Å². The van der Waals surface area contributed by atoms with E-state index in [1.807, 2.05) is 6.92 Å². The Balaban J connectivity index is 1.98. The number of likely N-dealkylation sites (tertiary alicyclic amines) is 1. The molecule has 25 heavy (non-hydrogen) atoms. The third-order valence-corrected chi connectivity index (χ3v) is 4.75. The highest BCUT2D eigenvalue weighted by molar-refractivity contribution is 5.95. The van der Waals surface area contributed by atoms with Crippen molar-refractivity contribution in [2.75, 3.05) is 27.3 Å². The molecule has 0 spiro atoms. The molecule has 1 aliphatic rings. The molecule has 1 atom stereocenters. The van der Waals surface area contributed by atoms with Crippen LogP contribution in [0, 0.1) is 5.92 Å². The number of amides is 2. The number of carbonyl (C=O) groups excluding carboxylic acids is 2. The summed E-state index contributed by atoms with van der Waals surface area (Å²) in [5.41, 5.74) is 0.540. The summed E-state index contributed by atoms with van der Waals surface area (Å²) in [6.07, 6.45) is 2.30. The van der Waals surface area contributed by atoms with Crippen LogP contribution in [0.4, 0.5) is 0 Å².